The van der Waals surface area contributed by atoms with E-state index in [9.17, 15) is 0 Å². The van der Waals surface area contributed by atoms with Gasteiger partial charge in [-0.15, -0.1) is 0 Å². The number of nitrogens with zero attached hydrogens (tertiary/aromatic N) is 1. The van der Waals surface area contributed by atoms with Crippen molar-refractivity contribution in [1.29, 1.82) is 0 Å². The minimum Gasteiger partial charge on any atom is -0.317 e. The highest BCUT2D eigenvalue weighted by Gasteiger charge is 2.40. The molecule has 0 aromatic rings. The van der Waals surface area contributed by atoms with Crippen molar-refractivity contribution >= 4 is 0 Å². The molecule has 1 saturated carbocycles. The fourth-order valence-corrected chi connectivity index (χ4v) is 4.07. The zero-order chi connectivity index (χ0) is 12.6. The summed E-state index contributed by atoms with van der Waals surface area (Å²) in [6.45, 7) is 11.0. The molecular formula is C15H30N2. The molecule has 1 N–H and O–H groups in total. The van der Waals surface area contributed by atoms with Crippen molar-refractivity contribution in [2.75, 3.05) is 13.6 Å². The van der Waals surface area contributed by atoms with Crippen molar-refractivity contribution in [3.8, 4) is 0 Å². The van der Waals surface area contributed by atoms with Gasteiger partial charge in [-0.05, 0) is 51.0 Å². The lowest BCUT2D eigenvalue weighted by molar-refractivity contribution is 0.0330. The van der Waals surface area contributed by atoms with E-state index in [1.807, 2.05) is 0 Å². The molecule has 17 heavy (non-hydrogen) atoms. The molecule has 1 aliphatic heterocycles. The Labute approximate surface area is 107 Å². The summed E-state index contributed by atoms with van der Waals surface area (Å²) in [5, 5.41) is 3.49. The third-order valence-electron chi connectivity index (χ3n) is 5.84. The van der Waals surface area contributed by atoms with Crippen LogP contribution in [-0.4, -0.2) is 36.6 Å². The smallest absolute Gasteiger partial charge is 0.0126 e. The van der Waals surface area contributed by atoms with E-state index in [2.05, 4.69) is 45.0 Å². The Morgan fingerprint density at radius 2 is 1.65 bits per heavy atom. The van der Waals surface area contributed by atoms with Gasteiger partial charge in [-0.1, -0.05) is 20.8 Å². The largest absolute Gasteiger partial charge is 0.317 e. The monoisotopic (exact) mass is 238 g/mol. The van der Waals surface area contributed by atoms with Crippen LogP contribution in [0.3, 0.4) is 0 Å². The average Bonchev–Trinajstić information content (AvgIpc) is 2.64. The van der Waals surface area contributed by atoms with Gasteiger partial charge in [-0.3, -0.25) is 4.90 Å². The van der Waals surface area contributed by atoms with Crippen LogP contribution in [-0.2, 0) is 0 Å². The second-order valence-electron chi connectivity index (χ2n) is 6.50. The van der Waals surface area contributed by atoms with Crippen LogP contribution < -0.4 is 5.32 Å². The molecular weight excluding hydrogens is 208 g/mol. The molecule has 0 aromatic carbocycles. The summed E-state index contributed by atoms with van der Waals surface area (Å²) in [6, 6.07) is 2.30. The summed E-state index contributed by atoms with van der Waals surface area (Å²) in [4.78, 5) is 2.81. The molecule has 0 aromatic heterocycles. The van der Waals surface area contributed by atoms with E-state index in [-0.39, 0.29) is 0 Å². The van der Waals surface area contributed by atoms with E-state index >= 15 is 0 Å². The van der Waals surface area contributed by atoms with Crippen molar-refractivity contribution in [2.24, 2.45) is 17.8 Å². The van der Waals surface area contributed by atoms with Gasteiger partial charge in [-0.25, -0.2) is 0 Å². The maximum Gasteiger partial charge on any atom is 0.0126 e. The highest BCUT2D eigenvalue weighted by atomic mass is 15.2. The lowest BCUT2D eigenvalue weighted by Gasteiger charge is -2.47. The van der Waals surface area contributed by atoms with Gasteiger partial charge in [0.2, 0.25) is 0 Å². The van der Waals surface area contributed by atoms with Crippen LogP contribution in [0.1, 0.15) is 47.0 Å². The molecule has 0 spiro atoms. The molecule has 6 unspecified atom stereocenters. The average molecular weight is 238 g/mol. The molecule has 6 atom stereocenters. The van der Waals surface area contributed by atoms with Gasteiger partial charge in [0.15, 0.2) is 0 Å². The summed E-state index contributed by atoms with van der Waals surface area (Å²) >= 11 is 0. The Balaban J connectivity index is 2.03. The van der Waals surface area contributed by atoms with Crippen molar-refractivity contribution in [3.63, 3.8) is 0 Å². The SMILES string of the molecule is CNC1CCN(C2CCC(C)C2C)C(C)C1C. The Kier molecular flexibility index (Phi) is 4.14. The van der Waals surface area contributed by atoms with Crippen LogP contribution in [0.25, 0.3) is 0 Å². The molecule has 2 aliphatic rings. The summed E-state index contributed by atoms with van der Waals surface area (Å²) in [5.74, 6) is 2.58. The van der Waals surface area contributed by atoms with Crippen molar-refractivity contribution < 1.29 is 0 Å². The minimum atomic E-state index is 0.718. The van der Waals surface area contributed by atoms with Crippen molar-refractivity contribution in [3.05, 3.63) is 0 Å². The zero-order valence-corrected chi connectivity index (χ0v) is 12.2. The molecule has 0 amide bonds. The molecule has 100 valence electrons. The molecule has 0 bridgehead atoms. The number of hydrogen-bond acceptors (Lipinski definition) is 2. The quantitative estimate of drug-likeness (QED) is 0.796. The zero-order valence-electron chi connectivity index (χ0n) is 12.2. The topological polar surface area (TPSA) is 15.3 Å². The van der Waals surface area contributed by atoms with E-state index in [1.165, 1.54) is 25.8 Å². The van der Waals surface area contributed by atoms with Gasteiger partial charge < -0.3 is 5.32 Å². The molecule has 2 heteroatoms. The van der Waals surface area contributed by atoms with Gasteiger partial charge in [-0.2, -0.15) is 0 Å². The normalized spacial score (nSPS) is 48.5. The van der Waals surface area contributed by atoms with E-state index in [0.717, 1.165) is 35.9 Å². The second-order valence-corrected chi connectivity index (χ2v) is 6.50. The van der Waals surface area contributed by atoms with E-state index < -0.39 is 0 Å². The highest BCUT2D eigenvalue weighted by Crippen LogP contribution is 2.38. The Morgan fingerprint density at radius 1 is 0.941 bits per heavy atom. The number of hydrogen-bond donors (Lipinski definition) is 1. The fraction of sp³-hybridized carbons (Fsp3) is 1.00. The van der Waals surface area contributed by atoms with Gasteiger partial charge in [0.25, 0.3) is 0 Å². The predicted octanol–water partition coefficient (Wildman–Crippen LogP) is 2.74. The molecule has 2 rings (SSSR count). The van der Waals surface area contributed by atoms with Crippen molar-refractivity contribution in [2.45, 2.75) is 65.1 Å². The Morgan fingerprint density at radius 3 is 2.18 bits per heavy atom. The first-order valence-electron chi connectivity index (χ1n) is 7.49. The maximum atomic E-state index is 3.49. The van der Waals surface area contributed by atoms with Crippen LogP contribution in [0.5, 0.6) is 0 Å². The van der Waals surface area contributed by atoms with Crippen LogP contribution in [0.15, 0.2) is 0 Å². The second kappa shape index (κ2) is 5.27. The third-order valence-corrected chi connectivity index (χ3v) is 5.84. The van der Waals surface area contributed by atoms with E-state index in [1.54, 1.807) is 0 Å². The predicted molar refractivity (Wildman–Crippen MR) is 74.1 cm³/mol. The molecule has 1 aliphatic carbocycles. The number of rotatable bonds is 2. The first kappa shape index (κ1) is 13.4. The van der Waals surface area contributed by atoms with E-state index in [4.69, 9.17) is 0 Å². The van der Waals surface area contributed by atoms with Crippen LogP contribution in [0.2, 0.25) is 0 Å². The highest BCUT2D eigenvalue weighted by molar-refractivity contribution is 4.95. The number of likely N-dealkylation sites (tertiary alicyclic amines) is 1. The summed E-state index contributed by atoms with van der Waals surface area (Å²) < 4.78 is 0. The maximum absolute atomic E-state index is 3.49. The summed E-state index contributed by atoms with van der Waals surface area (Å²) in [7, 11) is 2.11. The van der Waals surface area contributed by atoms with Gasteiger partial charge in [0.05, 0.1) is 0 Å². The molecule has 2 fully saturated rings. The van der Waals surface area contributed by atoms with Crippen LogP contribution in [0, 0.1) is 17.8 Å². The lowest BCUT2D eigenvalue weighted by atomic mass is 9.84. The molecule has 1 heterocycles. The first-order valence-corrected chi connectivity index (χ1v) is 7.49. The Hall–Kier alpha value is -0.0800. The number of piperidine rings is 1. The lowest BCUT2D eigenvalue weighted by Crippen LogP contribution is -2.56. The molecule has 0 radical (unpaired) electrons. The van der Waals surface area contributed by atoms with Gasteiger partial charge in [0, 0.05) is 24.7 Å². The minimum absolute atomic E-state index is 0.718. The van der Waals surface area contributed by atoms with E-state index in [0.29, 0.717) is 0 Å². The van der Waals surface area contributed by atoms with Gasteiger partial charge >= 0.3 is 0 Å². The summed E-state index contributed by atoms with van der Waals surface area (Å²) in [6.07, 6.45) is 4.17. The molecule has 2 nitrogen and oxygen atoms in total. The first-order chi connectivity index (χ1) is 8.06. The van der Waals surface area contributed by atoms with Gasteiger partial charge in [0.1, 0.15) is 0 Å². The molecule has 1 saturated heterocycles. The fourth-order valence-electron chi connectivity index (χ4n) is 4.07. The Bertz CT molecular complexity index is 253. The standard InChI is InChI=1S/C15H30N2/c1-10-6-7-15(11(10)2)17-9-8-14(16-5)12(3)13(17)4/h10-16H,6-9H2,1-5H3. The van der Waals surface area contributed by atoms with Crippen LogP contribution in [0.4, 0.5) is 0 Å². The summed E-state index contributed by atoms with van der Waals surface area (Å²) in [5.41, 5.74) is 0. The van der Waals surface area contributed by atoms with Crippen LogP contribution >= 0.6 is 0 Å². The van der Waals surface area contributed by atoms with Crippen molar-refractivity contribution in [1.82, 2.24) is 10.2 Å². The number of nitrogens with one attached hydrogen (secondary N) is 1. The third kappa shape index (κ3) is 2.39.